The van der Waals surface area contributed by atoms with Gasteiger partial charge >= 0.3 is 12.1 Å². The van der Waals surface area contributed by atoms with E-state index in [4.69, 9.17) is 9.84 Å². The second-order valence-electron chi connectivity index (χ2n) is 4.26. The Morgan fingerprint density at radius 1 is 1.33 bits per heavy atom. The Morgan fingerprint density at radius 3 is 2.72 bits per heavy atom. The van der Waals surface area contributed by atoms with Gasteiger partial charge in [-0.3, -0.25) is 4.90 Å². The molecule has 5 heteroatoms. The molecule has 0 spiro atoms. The summed E-state index contributed by atoms with van der Waals surface area (Å²) in [7, 11) is 0. The number of carboxylic acid groups (broad SMARTS) is 1. The van der Waals surface area contributed by atoms with Crippen molar-refractivity contribution >= 4 is 12.1 Å². The number of carbonyl (C=O) groups is 2. The summed E-state index contributed by atoms with van der Waals surface area (Å²) in [5, 5.41) is 8.90. The average Bonchev–Trinajstić information content (AvgIpc) is 2.78. The van der Waals surface area contributed by atoms with E-state index in [0.717, 1.165) is 17.5 Å². The van der Waals surface area contributed by atoms with Crippen molar-refractivity contribution in [3.05, 3.63) is 34.9 Å². The van der Waals surface area contributed by atoms with E-state index < -0.39 is 5.97 Å². The summed E-state index contributed by atoms with van der Waals surface area (Å²) in [6.45, 7) is 3.24. The third kappa shape index (κ3) is 2.45. The molecule has 1 heterocycles. The van der Waals surface area contributed by atoms with Gasteiger partial charge in [0.15, 0.2) is 0 Å². The highest BCUT2D eigenvalue weighted by Crippen LogP contribution is 2.24. The zero-order valence-electron chi connectivity index (χ0n) is 10.2. The second-order valence-corrected chi connectivity index (χ2v) is 4.26. The third-order valence-corrected chi connectivity index (χ3v) is 2.86. The van der Waals surface area contributed by atoms with Gasteiger partial charge in [0.1, 0.15) is 0 Å². The smallest absolute Gasteiger partial charge is 0.410 e. The Labute approximate surface area is 105 Å². The number of benzene rings is 1. The molecule has 1 amide bonds. The van der Waals surface area contributed by atoms with Crippen LogP contribution in [-0.4, -0.2) is 28.7 Å². The van der Waals surface area contributed by atoms with Crippen LogP contribution in [0.2, 0.25) is 0 Å². The maximum Gasteiger partial charge on any atom is 0.410 e. The highest BCUT2D eigenvalue weighted by molar-refractivity contribution is 5.88. The van der Waals surface area contributed by atoms with Crippen molar-refractivity contribution in [1.29, 1.82) is 0 Å². The first-order valence-corrected chi connectivity index (χ1v) is 5.88. The van der Waals surface area contributed by atoms with Crippen LogP contribution in [0.25, 0.3) is 0 Å². The average molecular weight is 249 g/mol. The van der Waals surface area contributed by atoms with Gasteiger partial charge in [0.05, 0.1) is 12.2 Å². The van der Waals surface area contributed by atoms with E-state index in [2.05, 4.69) is 0 Å². The minimum atomic E-state index is -0.954. The maximum atomic E-state index is 11.7. The maximum absolute atomic E-state index is 11.7. The molecule has 96 valence electrons. The van der Waals surface area contributed by atoms with Crippen LogP contribution >= 0.6 is 0 Å². The number of ether oxygens (including phenoxy) is 1. The normalized spacial score (nSPS) is 13.3. The molecule has 0 bridgehead atoms. The summed E-state index contributed by atoms with van der Waals surface area (Å²) in [6.07, 6.45) is 0.445. The summed E-state index contributed by atoms with van der Waals surface area (Å²) in [5.41, 5.74) is 2.11. The number of nitrogens with zero attached hydrogens (tertiary/aromatic N) is 1. The number of carboxylic acids is 1. The molecule has 18 heavy (non-hydrogen) atoms. The van der Waals surface area contributed by atoms with Crippen LogP contribution in [0.3, 0.4) is 0 Å². The number of aromatic carboxylic acids is 1. The molecule has 1 aromatic rings. The van der Waals surface area contributed by atoms with E-state index in [-0.39, 0.29) is 11.7 Å². The van der Waals surface area contributed by atoms with E-state index in [0.29, 0.717) is 19.7 Å². The van der Waals surface area contributed by atoms with Crippen LogP contribution in [0, 0.1) is 0 Å². The lowest BCUT2D eigenvalue weighted by atomic mass is 10.1. The van der Waals surface area contributed by atoms with E-state index in [1.165, 1.54) is 0 Å². The summed E-state index contributed by atoms with van der Waals surface area (Å²) >= 11 is 0. The predicted octanol–water partition coefficient (Wildman–Crippen LogP) is 2.25. The summed E-state index contributed by atoms with van der Waals surface area (Å²) in [5.74, 6) is -0.954. The summed E-state index contributed by atoms with van der Waals surface area (Å²) in [4.78, 5) is 24.1. The van der Waals surface area contributed by atoms with E-state index >= 15 is 0 Å². The van der Waals surface area contributed by atoms with Gasteiger partial charge in [0.2, 0.25) is 0 Å². The van der Waals surface area contributed by atoms with Crippen molar-refractivity contribution in [3.8, 4) is 0 Å². The van der Waals surface area contributed by atoms with Crippen LogP contribution in [0.5, 0.6) is 0 Å². The first-order valence-electron chi connectivity index (χ1n) is 5.88. The first kappa shape index (κ1) is 12.4. The highest BCUT2D eigenvalue weighted by Gasteiger charge is 2.25. The Hall–Kier alpha value is -2.04. The molecule has 0 radical (unpaired) electrons. The van der Waals surface area contributed by atoms with E-state index in [9.17, 15) is 9.59 Å². The highest BCUT2D eigenvalue weighted by atomic mass is 16.6. The van der Waals surface area contributed by atoms with Crippen molar-refractivity contribution in [3.63, 3.8) is 0 Å². The van der Waals surface area contributed by atoms with Crippen molar-refractivity contribution in [1.82, 2.24) is 4.90 Å². The van der Waals surface area contributed by atoms with E-state index in [1.54, 1.807) is 23.1 Å². The van der Waals surface area contributed by atoms with Gasteiger partial charge in [0, 0.05) is 13.1 Å². The number of hydrogen-bond acceptors (Lipinski definition) is 3. The Kier molecular flexibility index (Phi) is 3.50. The fourth-order valence-corrected chi connectivity index (χ4v) is 1.94. The van der Waals surface area contributed by atoms with Crippen molar-refractivity contribution < 1.29 is 19.4 Å². The molecule has 0 saturated carbocycles. The molecule has 1 aliphatic rings. The molecule has 1 aromatic carbocycles. The fourth-order valence-electron chi connectivity index (χ4n) is 1.94. The zero-order chi connectivity index (χ0) is 13.1. The van der Waals surface area contributed by atoms with Crippen LogP contribution in [-0.2, 0) is 17.8 Å². The van der Waals surface area contributed by atoms with Crippen LogP contribution in [0.4, 0.5) is 4.79 Å². The van der Waals surface area contributed by atoms with Crippen molar-refractivity contribution in [2.24, 2.45) is 0 Å². The molecule has 0 unspecified atom stereocenters. The number of rotatable bonds is 3. The SMILES string of the molecule is CCCOC(=O)N1Cc2ccc(C(=O)O)cc2C1. The fraction of sp³-hybridized carbons (Fsp3) is 0.385. The predicted molar refractivity (Wildman–Crippen MR) is 64.3 cm³/mol. The molecule has 5 nitrogen and oxygen atoms in total. The van der Waals surface area contributed by atoms with Gasteiger partial charge in [-0.2, -0.15) is 0 Å². The second kappa shape index (κ2) is 5.08. The molecule has 0 aromatic heterocycles. The molecule has 0 saturated heterocycles. The molecule has 1 N–H and O–H groups in total. The van der Waals surface area contributed by atoms with Crippen molar-refractivity contribution in [2.45, 2.75) is 26.4 Å². The number of hydrogen-bond donors (Lipinski definition) is 1. The van der Waals surface area contributed by atoms with Gasteiger partial charge in [0.25, 0.3) is 0 Å². The van der Waals surface area contributed by atoms with Gasteiger partial charge in [-0.25, -0.2) is 9.59 Å². The molecule has 0 fully saturated rings. The van der Waals surface area contributed by atoms with Crippen LogP contribution in [0.15, 0.2) is 18.2 Å². The van der Waals surface area contributed by atoms with Crippen molar-refractivity contribution in [2.75, 3.05) is 6.61 Å². The lowest BCUT2D eigenvalue weighted by Crippen LogP contribution is -2.26. The summed E-state index contributed by atoms with van der Waals surface area (Å²) < 4.78 is 5.05. The monoisotopic (exact) mass is 249 g/mol. The molecular formula is C13H15NO4. The summed E-state index contributed by atoms with van der Waals surface area (Å²) in [6, 6.07) is 4.93. The standard InChI is InChI=1S/C13H15NO4/c1-2-5-18-13(17)14-7-10-4-3-9(12(15)16)6-11(10)8-14/h3-4,6H,2,5,7-8H2,1H3,(H,15,16). The third-order valence-electron chi connectivity index (χ3n) is 2.86. The van der Waals surface area contributed by atoms with Gasteiger partial charge in [-0.1, -0.05) is 13.0 Å². The quantitative estimate of drug-likeness (QED) is 0.892. The largest absolute Gasteiger partial charge is 0.478 e. The lowest BCUT2D eigenvalue weighted by molar-refractivity contribution is 0.0696. The molecule has 1 aliphatic heterocycles. The minimum absolute atomic E-state index is 0.248. The topological polar surface area (TPSA) is 66.8 Å². The minimum Gasteiger partial charge on any atom is -0.478 e. The Bertz CT molecular complexity index is 484. The molecule has 2 rings (SSSR count). The van der Waals surface area contributed by atoms with Gasteiger partial charge < -0.3 is 9.84 Å². The van der Waals surface area contributed by atoms with Gasteiger partial charge in [-0.15, -0.1) is 0 Å². The number of amides is 1. The first-order chi connectivity index (χ1) is 8.61. The zero-order valence-corrected chi connectivity index (χ0v) is 10.2. The number of fused-ring (bicyclic) bond motifs is 1. The number of carbonyl (C=O) groups excluding carboxylic acids is 1. The molecular weight excluding hydrogens is 234 g/mol. The molecule has 0 atom stereocenters. The Balaban J connectivity index is 2.08. The molecule has 0 aliphatic carbocycles. The lowest BCUT2D eigenvalue weighted by Gasteiger charge is -2.14. The van der Waals surface area contributed by atoms with Crippen LogP contribution < -0.4 is 0 Å². The van der Waals surface area contributed by atoms with E-state index in [1.807, 2.05) is 6.92 Å². The Morgan fingerprint density at radius 2 is 2.06 bits per heavy atom. The van der Waals surface area contributed by atoms with Gasteiger partial charge in [-0.05, 0) is 29.7 Å². The van der Waals surface area contributed by atoms with Crippen LogP contribution in [0.1, 0.15) is 34.8 Å².